The molecule has 10 aromatic rings. The highest BCUT2D eigenvalue weighted by atomic mass is 32.1. The molecule has 3 nitrogen and oxygen atoms in total. The molecule has 0 saturated heterocycles. The number of hydrogen-bond acceptors (Lipinski definition) is 2. The Labute approximate surface area is 274 Å². The SMILES string of the molecule is N#Cc1ccc2sc3cc4c5ccccc5n(-c5cccc(-c6cccc(-n7c8ccccc8c8ccccc87)c6)c5)c4cc3c2c1. The van der Waals surface area contributed by atoms with Gasteiger partial charge in [0.15, 0.2) is 0 Å². The van der Waals surface area contributed by atoms with Gasteiger partial charge in [0, 0.05) is 53.1 Å². The number of aromatic nitrogens is 2. The van der Waals surface area contributed by atoms with Gasteiger partial charge in [0.05, 0.1) is 33.7 Å². The van der Waals surface area contributed by atoms with Gasteiger partial charge in [-0.25, -0.2) is 0 Å². The van der Waals surface area contributed by atoms with E-state index < -0.39 is 0 Å². The van der Waals surface area contributed by atoms with Crippen LogP contribution in [0.3, 0.4) is 0 Å². The second kappa shape index (κ2) is 9.92. The van der Waals surface area contributed by atoms with Gasteiger partial charge in [-0.3, -0.25) is 0 Å². The minimum atomic E-state index is 0.689. The number of nitrogens with zero attached hydrogens (tertiary/aromatic N) is 3. The van der Waals surface area contributed by atoms with E-state index in [0.717, 1.165) is 27.8 Å². The zero-order valence-electron chi connectivity index (χ0n) is 25.2. The molecule has 0 radical (unpaired) electrons. The summed E-state index contributed by atoms with van der Waals surface area (Å²) in [5.41, 5.74) is 10.0. The second-order valence-electron chi connectivity index (χ2n) is 12.1. The zero-order chi connectivity index (χ0) is 31.1. The largest absolute Gasteiger partial charge is 0.309 e. The van der Waals surface area contributed by atoms with E-state index in [0.29, 0.717) is 5.56 Å². The molecule has 3 heterocycles. The molecule has 47 heavy (non-hydrogen) atoms. The van der Waals surface area contributed by atoms with Crippen LogP contribution < -0.4 is 0 Å². The third-order valence-electron chi connectivity index (χ3n) is 9.51. The molecular formula is C43H25N3S. The van der Waals surface area contributed by atoms with Gasteiger partial charge in [-0.05, 0) is 83.9 Å². The van der Waals surface area contributed by atoms with Crippen LogP contribution in [0, 0.1) is 11.3 Å². The fourth-order valence-electron chi connectivity index (χ4n) is 7.44. The molecule has 3 aromatic heterocycles. The zero-order valence-corrected chi connectivity index (χ0v) is 26.0. The lowest BCUT2D eigenvalue weighted by Crippen LogP contribution is -1.96. The Kier molecular flexibility index (Phi) is 5.51. The monoisotopic (exact) mass is 615 g/mol. The van der Waals surface area contributed by atoms with Crippen molar-refractivity contribution in [3.63, 3.8) is 0 Å². The highest BCUT2D eigenvalue weighted by Gasteiger charge is 2.17. The van der Waals surface area contributed by atoms with E-state index in [1.807, 2.05) is 12.1 Å². The molecule has 0 saturated carbocycles. The van der Waals surface area contributed by atoms with Crippen LogP contribution in [0.25, 0.3) is 86.3 Å². The second-order valence-corrected chi connectivity index (χ2v) is 13.2. The Morgan fingerprint density at radius 2 is 0.936 bits per heavy atom. The van der Waals surface area contributed by atoms with Crippen molar-refractivity contribution in [3.8, 4) is 28.6 Å². The lowest BCUT2D eigenvalue weighted by molar-refractivity contribution is 1.17. The molecule has 0 aliphatic heterocycles. The number of thiophene rings is 1. The fraction of sp³-hybridized carbons (Fsp3) is 0. The Hall–Kier alpha value is -6.15. The topological polar surface area (TPSA) is 33.6 Å². The molecule has 4 heteroatoms. The normalized spacial score (nSPS) is 11.8. The van der Waals surface area contributed by atoms with Crippen LogP contribution in [0.15, 0.2) is 152 Å². The molecule has 0 aliphatic carbocycles. The van der Waals surface area contributed by atoms with E-state index in [4.69, 9.17) is 0 Å². The molecule has 218 valence electrons. The van der Waals surface area contributed by atoms with Crippen LogP contribution in [0.5, 0.6) is 0 Å². The van der Waals surface area contributed by atoms with Gasteiger partial charge in [0.1, 0.15) is 0 Å². The number of hydrogen-bond donors (Lipinski definition) is 0. The number of rotatable bonds is 3. The molecule has 0 amide bonds. The van der Waals surface area contributed by atoms with Crippen LogP contribution in [-0.2, 0) is 0 Å². The summed E-state index contributed by atoms with van der Waals surface area (Å²) in [6.07, 6.45) is 0. The maximum Gasteiger partial charge on any atom is 0.0991 e. The van der Waals surface area contributed by atoms with E-state index in [9.17, 15) is 5.26 Å². The van der Waals surface area contributed by atoms with Crippen molar-refractivity contribution >= 4 is 75.1 Å². The number of benzene rings is 7. The maximum absolute atomic E-state index is 9.60. The Balaban J connectivity index is 1.18. The third kappa shape index (κ3) is 3.85. The highest BCUT2D eigenvalue weighted by Crippen LogP contribution is 2.41. The first-order chi connectivity index (χ1) is 23.2. The summed E-state index contributed by atoms with van der Waals surface area (Å²) in [7, 11) is 0. The molecular weight excluding hydrogens is 591 g/mol. The number of para-hydroxylation sites is 3. The van der Waals surface area contributed by atoms with Crippen molar-refractivity contribution in [2.75, 3.05) is 0 Å². The first-order valence-electron chi connectivity index (χ1n) is 15.7. The van der Waals surface area contributed by atoms with Crippen molar-refractivity contribution in [1.29, 1.82) is 5.26 Å². The van der Waals surface area contributed by atoms with Gasteiger partial charge in [-0.2, -0.15) is 5.26 Å². The van der Waals surface area contributed by atoms with Crippen molar-refractivity contribution in [1.82, 2.24) is 9.13 Å². The maximum atomic E-state index is 9.60. The Morgan fingerprint density at radius 3 is 1.53 bits per heavy atom. The van der Waals surface area contributed by atoms with Crippen LogP contribution in [0.1, 0.15) is 5.56 Å². The number of fused-ring (bicyclic) bond motifs is 9. The average molecular weight is 616 g/mol. The molecule has 0 N–H and O–H groups in total. The molecule has 7 aromatic carbocycles. The van der Waals surface area contributed by atoms with E-state index in [1.54, 1.807) is 11.3 Å². The van der Waals surface area contributed by atoms with Crippen LogP contribution in [-0.4, -0.2) is 9.13 Å². The average Bonchev–Trinajstić information content (AvgIpc) is 3.77. The molecule has 0 unspecified atom stereocenters. The first kappa shape index (κ1) is 26.1. The summed E-state index contributed by atoms with van der Waals surface area (Å²) in [5, 5.41) is 16.9. The quantitative estimate of drug-likeness (QED) is 0.195. The summed E-state index contributed by atoms with van der Waals surface area (Å²) >= 11 is 1.79. The van der Waals surface area contributed by atoms with Gasteiger partial charge < -0.3 is 9.13 Å². The van der Waals surface area contributed by atoms with Crippen LogP contribution in [0.4, 0.5) is 0 Å². The van der Waals surface area contributed by atoms with Gasteiger partial charge >= 0.3 is 0 Å². The van der Waals surface area contributed by atoms with Crippen molar-refractivity contribution in [3.05, 3.63) is 157 Å². The van der Waals surface area contributed by atoms with Crippen molar-refractivity contribution < 1.29 is 0 Å². The lowest BCUT2D eigenvalue weighted by atomic mass is 10.0. The minimum Gasteiger partial charge on any atom is -0.309 e. The van der Waals surface area contributed by atoms with E-state index in [-0.39, 0.29) is 0 Å². The molecule has 0 aliphatic rings. The summed E-state index contributed by atoms with van der Waals surface area (Å²) in [4.78, 5) is 0. The predicted molar refractivity (Wildman–Crippen MR) is 198 cm³/mol. The van der Waals surface area contributed by atoms with Gasteiger partial charge in [0.25, 0.3) is 0 Å². The summed E-state index contributed by atoms with van der Waals surface area (Å²) in [5.74, 6) is 0. The standard InChI is InChI=1S/C43H25N3S/c44-26-27-19-20-42-36(21-27)37-24-41-35(25-43(37)47-42)34-15-3-6-18-40(34)46(41)31-12-8-10-29(23-31)28-9-7-11-30(22-28)45-38-16-4-1-13-32(38)33-14-2-5-17-39(33)45/h1-25H. The van der Waals surface area contributed by atoms with Gasteiger partial charge in [0.2, 0.25) is 0 Å². The lowest BCUT2D eigenvalue weighted by Gasteiger charge is -2.13. The highest BCUT2D eigenvalue weighted by molar-refractivity contribution is 7.25. The molecule has 0 bridgehead atoms. The minimum absolute atomic E-state index is 0.689. The molecule has 0 atom stereocenters. The van der Waals surface area contributed by atoms with Gasteiger partial charge in [-0.1, -0.05) is 78.9 Å². The van der Waals surface area contributed by atoms with E-state index >= 15 is 0 Å². The molecule has 0 fully saturated rings. The van der Waals surface area contributed by atoms with E-state index in [1.165, 1.54) is 58.4 Å². The summed E-state index contributed by atoms with van der Waals surface area (Å²) < 4.78 is 7.20. The predicted octanol–water partition coefficient (Wildman–Crippen LogP) is 11.8. The summed E-state index contributed by atoms with van der Waals surface area (Å²) in [6, 6.07) is 56.7. The fourth-order valence-corrected chi connectivity index (χ4v) is 8.54. The third-order valence-corrected chi connectivity index (χ3v) is 10.6. The smallest absolute Gasteiger partial charge is 0.0991 e. The number of nitriles is 1. The van der Waals surface area contributed by atoms with Gasteiger partial charge in [-0.15, -0.1) is 11.3 Å². The Morgan fingerprint density at radius 1 is 0.404 bits per heavy atom. The molecule has 10 rings (SSSR count). The van der Waals surface area contributed by atoms with E-state index in [2.05, 4.69) is 155 Å². The van der Waals surface area contributed by atoms with Crippen molar-refractivity contribution in [2.24, 2.45) is 0 Å². The Bertz CT molecular complexity index is 2880. The molecule has 0 spiro atoms. The summed E-state index contributed by atoms with van der Waals surface area (Å²) in [6.45, 7) is 0. The first-order valence-corrected chi connectivity index (χ1v) is 16.6. The van der Waals surface area contributed by atoms with Crippen molar-refractivity contribution in [2.45, 2.75) is 0 Å². The van der Waals surface area contributed by atoms with Crippen LogP contribution in [0.2, 0.25) is 0 Å². The van der Waals surface area contributed by atoms with Crippen LogP contribution >= 0.6 is 11.3 Å².